The van der Waals surface area contributed by atoms with Gasteiger partial charge in [-0.15, -0.1) is 0 Å². The molecule has 0 saturated heterocycles. The standard InChI is InChI=1S/C12H20N2O2/c1-3-4-5-6-7-8-16-12-9-11(15)13-10(2)14-12/h9H,3-8H2,1-2H3,(H,13,14,15). The monoisotopic (exact) mass is 224 g/mol. The van der Waals surface area contributed by atoms with Gasteiger partial charge in [0.05, 0.1) is 12.7 Å². The molecule has 0 atom stereocenters. The maximum atomic E-state index is 11.1. The highest BCUT2D eigenvalue weighted by Crippen LogP contribution is 2.05. The van der Waals surface area contributed by atoms with Crippen LogP contribution in [0.15, 0.2) is 10.9 Å². The van der Waals surface area contributed by atoms with E-state index in [9.17, 15) is 4.79 Å². The van der Waals surface area contributed by atoms with Crippen LogP contribution in [0.1, 0.15) is 44.9 Å². The molecule has 4 heteroatoms. The summed E-state index contributed by atoms with van der Waals surface area (Å²) in [6.07, 6.45) is 5.98. The minimum Gasteiger partial charge on any atom is -0.477 e. The fourth-order valence-electron chi connectivity index (χ4n) is 1.51. The van der Waals surface area contributed by atoms with E-state index in [1.165, 1.54) is 31.7 Å². The number of aromatic amines is 1. The number of hydrogen-bond donors (Lipinski definition) is 1. The van der Waals surface area contributed by atoms with Gasteiger partial charge in [0.1, 0.15) is 5.82 Å². The van der Waals surface area contributed by atoms with Crippen LogP contribution in [0.5, 0.6) is 5.88 Å². The average molecular weight is 224 g/mol. The lowest BCUT2D eigenvalue weighted by molar-refractivity contribution is 0.292. The van der Waals surface area contributed by atoms with E-state index in [0.29, 0.717) is 18.3 Å². The Morgan fingerprint density at radius 3 is 2.75 bits per heavy atom. The smallest absolute Gasteiger partial charge is 0.254 e. The average Bonchev–Trinajstić information content (AvgIpc) is 2.22. The predicted octanol–water partition coefficient (Wildman–Crippen LogP) is 2.43. The van der Waals surface area contributed by atoms with Gasteiger partial charge in [0.25, 0.3) is 5.56 Å². The number of hydrogen-bond acceptors (Lipinski definition) is 3. The molecule has 0 fully saturated rings. The van der Waals surface area contributed by atoms with Crippen molar-refractivity contribution < 1.29 is 4.74 Å². The van der Waals surface area contributed by atoms with Crippen LogP contribution in [0.4, 0.5) is 0 Å². The zero-order valence-corrected chi connectivity index (χ0v) is 10.1. The van der Waals surface area contributed by atoms with Crippen molar-refractivity contribution in [2.45, 2.75) is 46.0 Å². The van der Waals surface area contributed by atoms with Gasteiger partial charge in [0, 0.05) is 0 Å². The number of nitrogens with zero attached hydrogens (tertiary/aromatic N) is 1. The van der Waals surface area contributed by atoms with Crippen molar-refractivity contribution in [3.63, 3.8) is 0 Å². The molecule has 16 heavy (non-hydrogen) atoms. The second-order valence-electron chi connectivity index (χ2n) is 3.93. The van der Waals surface area contributed by atoms with Crippen LogP contribution >= 0.6 is 0 Å². The van der Waals surface area contributed by atoms with E-state index in [1.807, 2.05) is 0 Å². The number of nitrogens with one attached hydrogen (secondary N) is 1. The normalized spacial score (nSPS) is 10.4. The summed E-state index contributed by atoms with van der Waals surface area (Å²) in [6, 6.07) is 1.39. The molecule has 1 aromatic rings. The molecule has 0 radical (unpaired) electrons. The second kappa shape index (κ2) is 7.04. The van der Waals surface area contributed by atoms with E-state index in [2.05, 4.69) is 16.9 Å². The summed E-state index contributed by atoms with van der Waals surface area (Å²) in [4.78, 5) is 17.8. The number of aryl methyl sites for hydroxylation is 1. The first-order chi connectivity index (χ1) is 7.72. The lowest BCUT2D eigenvalue weighted by Gasteiger charge is -2.04. The molecular formula is C12H20N2O2. The molecule has 0 aliphatic rings. The van der Waals surface area contributed by atoms with Gasteiger partial charge in [-0.25, -0.2) is 4.98 Å². The van der Waals surface area contributed by atoms with Crippen LogP contribution in [-0.2, 0) is 0 Å². The number of H-pyrrole nitrogens is 1. The predicted molar refractivity (Wildman–Crippen MR) is 63.8 cm³/mol. The highest BCUT2D eigenvalue weighted by atomic mass is 16.5. The third-order valence-corrected chi connectivity index (χ3v) is 2.33. The molecular weight excluding hydrogens is 204 g/mol. The summed E-state index contributed by atoms with van der Waals surface area (Å²) in [5, 5.41) is 0. The molecule has 0 aliphatic heterocycles. The molecule has 0 saturated carbocycles. The molecule has 1 aromatic heterocycles. The van der Waals surface area contributed by atoms with Crippen molar-refractivity contribution in [2.75, 3.05) is 6.61 Å². The van der Waals surface area contributed by atoms with E-state index in [-0.39, 0.29) is 5.56 Å². The first kappa shape index (κ1) is 12.7. The van der Waals surface area contributed by atoms with Gasteiger partial charge in [0.2, 0.25) is 5.88 Å². The van der Waals surface area contributed by atoms with Crippen LogP contribution in [0, 0.1) is 6.92 Å². The van der Waals surface area contributed by atoms with Crippen molar-refractivity contribution in [2.24, 2.45) is 0 Å². The first-order valence-electron chi connectivity index (χ1n) is 5.93. The lowest BCUT2D eigenvalue weighted by atomic mass is 10.2. The maximum Gasteiger partial charge on any atom is 0.254 e. The Morgan fingerprint density at radius 2 is 2.06 bits per heavy atom. The molecule has 0 bridgehead atoms. The molecule has 1 rings (SSSR count). The summed E-state index contributed by atoms with van der Waals surface area (Å²) in [6.45, 7) is 4.58. The van der Waals surface area contributed by atoms with Crippen molar-refractivity contribution in [3.8, 4) is 5.88 Å². The number of unbranched alkanes of at least 4 members (excludes halogenated alkanes) is 4. The van der Waals surface area contributed by atoms with Crippen molar-refractivity contribution in [1.82, 2.24) is 9.97 Å². The highest BCUT2D eigenvalue weighted by molar-refractivity contribution is 5.07. The van der Waals surface area contributed by atoms with Crippen LogP contribution in [0.3, 0.4) is 0 Å². The zero-order valence-electron chi connectivity index (χ0n) is 10.1. The molecule has 0 amide bonds. The Hall–Kier alpha value is -1.32. The summed E-state index contributed by atoms with van der Waals surface area (Å²) in [5.41, 5.74) is -0.159. The van der Waals surface area contributed by atoms with Gasteiger partial charge < -0.3 is 9.72 Å². The van der Waals surface area contributed by atoms with Gasteiger partial charge >= 0.3 is 0 Å². The molecule has 90 valence electrons. The topological polar surface area (TPSA) is 55.0 Å². The van der Waals surface area contributed by atoms with Gasteiger partial charge in [-0.1, -0.05) is 32.6 Å². The number of aromatic nitrogens is 2. The Labute approximate surface area is 96.1 Å². The maximum absolute atomic E-state index is 11.1. The fourth-order valence-corrected chi connectivity index (χ4v) is 1.51. The SMILES string of the molecule is CCCCCCCOc1cc(=O)[nH]c(C)n1. The molecule has 0 unspecified atom stereocenters. The minimum absolute atomic E-state index is 0.159. The third-order valence-electron chi connectivity index (χ3n) is 2.33. The third kappa shape index (κ3) is 4.96. The fraction of sp³-hybridized carbons (Fsp3) is 0.667. The van der Waals surface area contributed by atoms with E-state index >= 15 is 0 Å². The van der Waals surface area contributed by atoms with Crippen LogP contribution in [-0.4, -0.2) is 16.6 Å². The molecule has 0 aromatic carbocycles. The first-order valence-corrected chi connectivity index (χ1v) is 5.93. The van der Waals surface area contributed by atoms with Gasteiger partial charge in [-0.05, 0) is 13.3 Å². The number of ether oxygens (including phenoxy) is 1. The van der Waals surface area contributed by atoms with Crippen molar-refractivity contribution in [3.05, 3.63) is 22.2 Å². The molecule has 0 spiro atoms. The van der Waals surface area contributed by atoms with E-state index < -0.39 is 0 Å². The van der Waals surface area contributed by atoms with Crippen molar-refractivity contribution in [1.29, 1.82) is 0 Å². The molecule has 4 nitrogen and oxygen atoms in total. The summed E-state index contributed by atoms with van der Waals surface area (Å²) < 4.78 is 5.42. The van der Waals surface area contributed by atoms with Crippen LogP contribution in [0.25, 0.3) is 0 Å². The van der Waals surface area contributed by atoms with Gasteiger partial charge in [-0.2, -0.15) is 0 Å². The zero-order chi connectivity index (χ0) is 11.8. The Kier molecular flexibility index (Phi) is 5.61. The van der Waals surface area contributed by atoms with Gasteiger partial charge in [-0.3, -0.25) is 4.79 Å². The van der Waals surface area contributed by atoms with E-state index in [0.717, 1.165) is 6.42 Å². The highest BCUT2D eigenvalue weighted by Gasteiger charge is 1.98. The molecule has 1 heterocycles. The number of rotatable bonds is 7. The lowest BCUT2D eigenvalue weighted by Crippen LogP contribution is -2.10. The second-order valence-corrected chi connectivity index (χ2v) is 3.93. The summed E-state index contributed by atoms with van der Waals surface area (Å²) >= 11 is 0. The minimum atomic E-state index is -0.159. The molecule has 0 aliphatic carbocycles. The summed E-state index contributed by atoms with van der Waals surface area (Å²) in [7, 11) is 0. The van der Waals surface area contributed by atoms with Gasteiger partial charge in [0.15, 0.2) is 0 Å². The van der Waals surface area contributed by atoms with Crippen LogP contribution < -0.4 is 10.3 Å². The van der Waals surface area contributed by atoms with Crippen molar-refractivity contribution >= 4 is 0 Å². The van der Waals surface area contributed by atoms with E-state index in [4.69, 9.17) is 4.74 Å². The van der Waals surface area contributed by atoms with Crippen LogP contribution in [0.2, 0.25) is 0 Å². The quantitative estimate of drug-likeness (QED) is 0.724. The Bertz CT molecular complexity index is 360. The Morgan fingerprint density at radius 1 is 1.31 bits per heavy atom. The largest absolute Gasteiger partial charge is 0.477 e. The van der Waals surface area contributed by atoms with E-state index in [1.54, 1.807) is 6.92 Å². The molecule has 1 N–H and O–H groups in total. The summed E-state index contributed by atoms with van der Waals surface area (Å²) in [5.74, 6) is 1.02. The Balaban J connectivity index is 2.24.